The SMILES string of the molecule is Cn1ncnc1CC(=O)CC(F)(F)F. The van der Waals surface area contributed by atoms with Crippen LogP contribution >= 0.6 is 0 Å². The first-order valence-electron chi connectivity index (χ1n) is 3.80. The number of rotatable bonds is 3. The Morgan fingerprint density at radius 3 is 2.64 bits per heavy atom. The van der Waals surface area contributed by atoms with Gasteiger partial charge in [0.15, 0.2) is 0 Å². The van der Waals surface area contributed by atoms with Crippen LogP contribution in [0.2, 0.25) is 0 Å². The average Bonchev–Trinajstić information content (AvgIpc) is 2.32. The lowest BCUT2D eigenvalue weighted by Crippen LogP contribution is -2.18. The van der Waals surface area contributed by atoms with E-state index in [1.54, 1.807) is 0 Å². The van der Waals surface area contributed by atoms with Gasteiger partial charge in [0.2, 0.25) is 0 Å². The summed E-state index contributed by atoms with van der Waals surface area (Å²) in [6.07, 6.45) is -5.01. The molecule has 0 aromatic carbocycles. The van der Waals surface area contributed by atoms with Crippen molar-refractivity contribution in [2.75, 3.05) is 0 Å². The lowest BCUT2D eigenvalue weighted by molar-refractivity contribution is -0.151. The monoisotopic (exact) mass is 207 g/mol. The summed E-state index contributed by atoms with van der Waals surface area (Å²) < 4.78 is 36.6. The number of carbonyl (C=O) groups excluding carboxylic acids is 1. The maximum atomic E-state index is 11.8. The zero-order chi connectivity index (χ0) is 10.8. The molecule has 0 atom stereocenters. The molecule has 1 aromatic heterocycles. The molecule has 0 fully saturated rings. The Morgan fingerprint density at radius 1 is 1.57 bits per heavy atom. The van der Waals surface area contributed by atoms with Crippen molar-refractivity contribution in [1.29, 1.82) is 0 Å². The Balaban J connectivity index is 2.54. The topological polar surface area (TPSA) is 47.8 Å². The van der Waals surface area contributed by atoms with Crippen LogP contribution in [0.5, 0.6) is 0 Å². The molecule has 1 aromatic rings. The zero-order valence-electron chi connectivity index (χ0n) is 7.38. The van der Waals surface area contributed by atoms with E-state index in [-0.39, 0.29) is 12.2 Å². The van der Waals surface area contributed by atoms with E-state index >= 15 is 0 Å². The second kappa shape index (κ2) is 3.77. The molecule has 0 saturated heterocycles. The molecule has 0 radical (unpaired) electrons. The summed E-state index contributed by atoms with van der Waals surface area (Å²) in [7, 11) is 1.52. The van der Waals surface area contributed by atoms with Crippen molar-refractivity contribution < 1.29 is 18.0 Å². The Kier molecular flexibility index (Phi) is 2.87. The minimum atomic E-state index is -4.45. The molecule has 4 nitrogen and oxygen atoms in total. The molecule has 14 heavy (non-hydrogen) atoms. The first-order valence-corrected chi connectivity index (χ1v) is 3.80. The summed E-state index contributed by atoms with van der Waals surface area (Å²) in [5, 5.41) is 3.64. The standard InChI is InChI=1S/C7H8F3N3O/c1-13-6(11-4-12-13)2-5(14)3-7(8,9)10/h4H,2-3H2,1H3. The number of carbonyl (C=O) groups is 1. The number of nitrogens with zero attached hydrogens (tertiary/aromatic N) is 3. The van der Waals surface area contributed by atoms with Gasteiger partial charge < -0.3 is 0 Å². The molecule has 0 spiro atoms. The van der Waals surface area contributed by atoms with Gasteiger partial charge in [0.05, 0.1) is 6.42 Å². The van der Waals surface area contributed by atoms with Crippen molar-refractivity contribution in [2.45, 2.75) is 19.0 Å². The Morgan fingerprint density at radius 2 is 2.21 bits per heavy atom. The second-order valence-corrected chi connectivity index (χ2v) is 2.81. The van der Waals surface area contributed by atoms with E-state index in [1.165, 1.54) is 18.1 Å². The first kappa shape index (κ1) is 10.7. The molecule has 0 N–H and O–H groups in total. The number of ketones is 1. The van der Waals surface area contributed by atoms with Crippen molar-refractivity contribution in [3.05, 3.63) is 12.2 Å². The lowest BCUT2D eigenvalue weighted by atomic mass is 10.2. The molecular formula is C7H8F3N3O. The van der Waals surface area contributed by atoms with E-state index in [9.17, 15) is 18.0 Å². The number of halogens is 3. The van der Waals surface area contributed by atoms with Crippen LogP contribution < -0.4 is 0 Å². The number of aryl methyl sites for hydroxylation is 1. The fourth-order valence-corrected chi connectivity index (χ4v) is 0.943. The van der Waals surface area contributed by atoms with Crippen LogP contribution in [0.25, 0.3) is 0 Å². The number of alkyl halides is 3. The highest BCUT2D eigenvalue weighted by Gasteiger charge is 2.31. The highest BCUT2D eigenvalue weighted by molar-refractivity contribution is 5.80. The number of hydrogen-bond acceptors (Lipinski definition) is 3. The summed E-state index contributed by atoms with van der Waals surface area (Å²) in [5.74, 6) is -0.673. The quantitative estimate of drug-likeness (QED) is 0.739. The van der Waals surface area contributed by atoms with Gasteiger partial charge in [-0.15, -0.1) is 0 Å². The maximum Gasteiger partial charge on any atom is 0.395 e. The third-order valence-electron chi connectivity index (χ3n) is 1.56. The summed E-state index contributed by atoms with van der Waals surface area (Å²) in [6, 6.07) is 0. The van der Waals surface area contributed by atoms with Crippen molar-refractivity contribution in [2.24, 2.45) is 7.05 Å². The Bertz CT molecular complexity index is 331. The van der Waals surface area contributed by atoms with Gasteiger partial charge in [-0.2, -0.15) is 18.3 Å². The number of aromatic nitrogens is 3. The molecule has 7 heteroatoms. The van der Waals surface area contributed by atoms with Gasteiger partial charge in [0, 0.05) is 7.05 Å². The Hall–Kier alpha value is -1.40. The van der Waals surface area contributed by atoms with E-state index in [0.29, 0.717) is 0 Å². The van der Waals surface area contributed by atoms with Crippen LogP contribution in [0, 0.1) is 0 Å². The first-order chi connectivity index (χ1) is 6.38. The molecule has 1 heterocycles. The van der Waals surface area contributed by atoms with E-state index in [4.69, 9.17) is 0 Å². The normalized spacial score (nSPS) is 11.7. The van der Waals surface area contributed by atoms with Gasteiger partial charge in [-0.05, 0) is 0 Å². The van der Waals surface area contributed by atoms with Gasteiger partial charge >= 0.3 is 6.18 Å². The van der Waals surface area contributed by atoms with Crippen molar-refractivity contribution in [3.8, 4) is 0 Å². The van der Waals surface area contributed by atoms with E-state index in [1.807, 2.05) is 0 Å². The molecule has 78 valence electrons. The van der Waals surface area contributed by atoms with Gasteiger partial charge in [-0.1, -0.05) is 0 Å². The molecular weight excluding hydrogens is 199 g/mol. The van der Waals surface area contributed by atoms with Crippen LogP contribution in [0.3, 0.4) is 0 Å². The van der Waals surface area contributed by atoms with Crippen molar-refractivity contribution in [1.82, 2.24) is 14.8 Å². The van der Waals surface area contributed by atoms with Crippen LogP contribution in [0.1, 0.15) is 12.2 Å². The van der Waals surface area contributed by atoms with Crippen LogP contribution in [0.15, 0.2) is 6.33 Å². The average molecular weight is 207 g/mol. The Labute approximate surface area is 77.7 Å². The smallest absolute Gasteiger partial charge is 0.299 e. The van der Waals surface area contributed by atoms with Gasteiger partial charge in [-0.25, -0.2) is 4.98 Å². The molecule has 0 saturated carbocycles. The summed E-state index contributed by atoms with van der Waals surface area (Å²) in [5.41, 5.74) is 0. The molecule has 0 unspecified atom stereocenters. The summed E-state index contributed by atoms with van der Waals surface area (Å²) in [6.45, 7) is 0. The highest BCUT2D eigenvalue weighted by atomic mass is 19.4. The molecule has 0 bridgehead atoms. The third kappa shape index (κ3) is 3.15. The second-order valence-electron chi connectivity index (χ2n) is 2.81. The molecule has 0 aliphatic rings. The lowest BCUT2D eigenvalue weighted by Gasteiger charge is -2.04. The van der Waals surface area contributed by atoms with Gasteiger partial charge in [-0.3, -0.25) is 9.48 Å². The third-order valence-corrected chi connectivity index (χ3v) is 1.56. The number of hydrogen-bond donors (Lipinski definition) is 0. The van der Waals surface area contributed by atoms with E-state index < -0.39 is 18.4 Å². The predicted molar refractivity (Wildman–Crippen MR) is 40.4 cm³/mol. The largest absolute Gasteiger partial charge is 0.395 e. The maximum absolute atomic E-state index is 11.8. The molecule has 1 rings (SSSR count). The van der Waals surface area contributed by atoms with Gasteiger partial charge in [0.25, 0.3) is 0 Å². The van der Waals surface area contributed by atoms with Gasteiger partial charge in [0.1, 0.15) is 24.4 Å². The van der Waals surface area contributed by atoms with Crippen LogP contribution in [-0.2, 0) is 18.3 Å². The van der Waals surface area contributed by atoms with E-state index in [2.05, 4.69) is 10.1 Å². The van der Waals surface area contributed by atoms with Crippen LogP contribution in [-0.4, -0.2) is 26.7 Å². The minimum absolute atomic E-state index is 0.235. The molecule has 0 amide bonds. The minimum Gasteiger partial charge on any atom is -0.299 e. The fourth-order valence-electron chi connectivity index (χ4n) is 0.943. The van der Waals surface area contributed by atoms with Crippen LogP contribution in [0.4, 0.5) is 13.2 Å². The zero-order valence-corrected chi connectivity index (χ0v) is 7.38. The summed E-state index contributed by atoms with van der Waals surface area (Å²) >= 11 is 0. The van der Waals surface area contributed by atoms with Crippen molar-refractivity contribution >= 4 is 5.78 Å². The summed E-state index contributed by atoms with van der Waals surface area (Å²) in [4.78, 5) is 14.5. The fraction of sp³-hybridized carbons (Fsp3) is 0.571. The predicted octanol–water partition coefficient (Wildman–Crippen LogP) is 0.879. The van der Waals surface area contributed by atoms with Crippen molar-refractivity contribution in [3.63, 3.8) is 0 Å². The molecule has 0 aliphatic heterocycles. The number of Topliss-reactive ketones (excluding diaryl/α,β-unsaturated/α-hetero) is 1. The molecule has 0 aliphatic carbocycles. The highest BCUT2D eigenvalue weighted by Crippen LogP contribution is 2.20. The van der Waals surface area contributed by atoms with E-state index in [0.717, 1.165) is 0 Å².